The highest BCUT2D eigenvalue weighted by molar-refractivity contribution is 6.18. The van der Waals surface area contributed by atoms with Crippen molar-refractivity contribution in [3.8, 4) is 0 Å². The van der Waals surface area contributed by atoms with Gasteiger partial charge in [-0.2, -0.15) is 0 Å². The molecule has 1 heterocycles. The minimum Gasteiger partial charge on any atom is -0.365 e. The van der Waals surface area contributed by atoms with Crippen LogP contribution in [0.1, 0.15) is 45.4 Å². The Hall–Kier alpha value is -0.280. The number of rotatable bonds is 3. The zero-order valence-electron chi connectivity index (χ0n) is 9.85. The summed E-state index contributed by atoms with van der Waals surface area (Å²) in [7, 11) is 0. The Morgan fingerprint density at radius 1 is 1.31 bits per heavy atom. The first-order valence-corrected chi connectivity index (χ1v) is 6.66. The molecule has 1 saturated carbocycles. The summed E-state index contributed by atoms with van der Waals surface area (Å²) in [5.41, 5.74) is -0.796. The fourth-order valence-electron chi connectivity index (χ4n) is 2.68. The molecule has 2 aliphatic rings. The van der Waals surface area contributed by atoms with Crippen molar-refractivity contribution in [2.45, 2.75) is 56.6 Å². The van der Waals surface area contributed by atoms with E-state index in [4.69, 9.17) is 16.3 Å². The zero-order valence-corrected chi connectivity index (χ0v) is 10.6. The molecular formula is C12H20ClNO2. The van der Waals surface area contributed by atoms with Crippen LogP contribution in [0, 0.1) is 0 Å². The van der Waals surface area contributed by atoms with Gasteiger partial charge in [0.25, 0.3) is 5.91 Å². The summed E-state index contributed by atoms with van der Waals surface area (Å²) in [6, 6.07) is 0. The summed E-state index contributed by atoms with van der Waals surface area (Å²) in [6.07, 6.45) is 6.10. The molecule has 1 saturated heterocycles. The molecule has 3 nitrogen and oxygen atoms in total. The topological polar surface area (TPSA) is 38.3 Å². The van der Waals surface area contributed by atoms with Gasteiger partial charge < -0.3 is 10.1 Å². The van der Waals surface area contributed by atoms with Gasteiger partial charge in [-0.15, -0.1) is 11.6 Å². The Kier molecular flexibility index (Phi) is 3.45. The van der Waals surface area contributed by atoms with Gasteiger partial charge in [-0.05, 0) is 32.6 Å². The Bertz CT molecular complexity index is 268. The van der Waals surface area contributed by atoms with Gasteiger partial charge in [-0.3, -0.25) is 4.79 Å². The van der Waals surface area contributed by atoms with Crippen LogP contribution in [0.3, 0.4) is 0 Å². The number of hydrogen-bond acceptors (Lipinski definition) is 2. The molecule has 0 aromatic carbocycles. The van der Waals surface area contributed by atoms with E-state index < -0.39 is 5.60 Å². The first-order valence-electron chi connectivity index (χ1n) is 6.13. The normalized spacial score (nSPS) is 32.9. The SMILES string of the molecule is CC1(C(=O)NC2(CCl)CCCC2)CCCO1. The van der Waals surface area contributed by atoms with E-state index in [1.54, 1.807) is 0 Å². The molecule has 0 bridgehead atoms. The fraction of sp³-hybridized carbons (Fsp3) is 0.917. The van der Waals surface area contributed by atoms with Gasteiger partial charge in [-0.25, -0.2) is 0 Å². The molecule has 0 spiro atoms. The van der Waals surface area contributed by atoms with Gasteiger partial charge >= 0.3 is 0 Å². The predicted octanol–water partition coefficient (Wildman–Crippen LogP) is 2.22. The standard InChI is InChI=1S/C12H20ClNO2/c1-11(5-4-8-16-11)10(15)14-12(9-13)6-2-3-7-12/h2-9H2,1H3,(H,14,15). The molecule has 1 aliphatic heterocycles. The third-order valence-corrected chi connectivity index (χ3v) is 4.41. The van der Waals surface area contributed by atoms with Crippen LogP contribution in [0.5, 0.6) is 0 Å². The molecule has 0 radical (unpaired) electrons. The summed E-state index contributed by atoms with van der Waals surface area (Å²) in [5.74, 6) is 0.530. The van der Waals surface area contributed by atoms with Crippen molar-refractivity contribution in [3.63, 3.8) is 0 Å². The van der Waals surface area contributed by atoms with Crippen LogP contribution in [0.25, 0.3) is 0 Å². The average Bonchev–Trinajstić information content (AvgIpc) is 2.89. The first-order chi connectivity index (χ1) is 7.60. The van der Waals surface area contributed by atoms with Crippen LogP contribution in [0.4, 0.5) is 0 Å². The quantitative estimate of drug-likeness (QED) is 0.775. The van der Waals surface area contributed by atoms with E-state index in [1.165, 1.54) is 0 Å². The number of nitrogens with one attached hydrogen (secondary N) is 1. The summed E-state index contributed by atoms with van der Waals surface area (Å²) >= 11 is 6.01. The number of ether oxygens (including phenoxy) is 1. The van der Waals surface area contributed by atoms with E-state index in [1.807, 2.05) is 6.92 Å². The van der Waals surface area contributed by atoms with E-state index in [0.29, 0.717) is 12.5 Å². The Balaban J connectivity index is 2.00. The van der Waals surface area contributed by atoms with Gasteiger partial charge in [-0.1, -0.05) is 12.8 Å². The number of amides is 1. The zero-order chi connectivity index (χ0) is 11.6. The Labute approximate surface area is 102 Å². The second-order valence-corrected chi connectivity index (χ2v) is 5.53. The van der Waals surface area contributed by atoms with Crippen molar-refractivity contribution < 1.29 is 9.53 Å². The number of alkyl halides is 1. The minimum atomic E-state index is -0.623. The summed E-state index contributed by atoms with van der Waals surface area (Å²) in [4.78, 5) is 12.2. The molecule has 92 valence electrons. The first kappa shape index (κ1) is 12.2. The third-order valence-electron chi connectivity index (χ3n) is 3.89. The Morgan fingerprint density at radius 2 is 2.00 bits per heavy atom. The maximum Gasteiger partial charge on any atom is 0.252 e. The number of hydrogen-bond donors (Lipinski definition) is 1. The lowest BCUT2D eigenvalue weighted by molar-refractivity contribution is -0.141. The van der Waals surface area contributed by atoms with E-state index in [2.05, 4.69) is 5.32 Å². The maximum atomic E-state index is 12.2. The lowest BCUT2D eigenvalue weighted by Gasteiger charge is -2.32. The van der Waals surface area contributed by atoms with Gasteiger partial charge in [0.1, 0.15) is 5.60 Å². The van der Waals surface area contributed by atoms with Crippen molar-refractivity contribution in [1.82, 2.24) is 5.32 Å². The molecule has 0 aromatic rings. The van der Waals surface area contributed by atoms with Crippen LogP contribution < -0.4 is 5.32 Å². The molecule has 16 heavy (non-hydrogen) atoms. The van der Waals surface area contributed by atoms with E-state index in [9.17, 15) is 4.79 Å². The molecule has 4 heteroatoms. The van der Waals surface area contributed by atoms with Gasteiger partial charge in [0, 0.05) is 12.5 Å². The second kappa shape index (κ2) is 4.53. The van der Waals surface area contributed by atoms with Gasteiger partial charge in [0.2, 0.25) is 0 Å². The van der Waals surface area contributed by atoms with Gasteiger partial charge in [0.05, 0.1) is 5.54 Å². The molecule has 2 rings (SSSR count). The van der Waals surface area contributed by atoms with Crippen LogP contribution >= 0.6 is 11.6 Å². The van der Waals surface area contributed by atoms with E-state index >= 15 is 0 Å². The second-order valence-electron chi connectivity index (χ2n) is 5.26. The number of carbonyl (C=O) groups is 1. The molecule has 1 amide bonds. The molecule has 0 aromatic heterocycles. The third kappa shape index (κ3) is 2.21. The predicted molar refractivity (Wildman–Crippen MR) is 63.7 cm³/mol. The highest BCUT2D eigenvalue weighted by Crippen LogP contribution is 2.33. The number of carbonyl (C=O) groups excluding carboxylic acids is 1. The summed E-state index contributed by atoms with van der Waals surface area (Å²) in [5, 5.41) is 3.13. The van der Waals surface area contributed by atoms with Crippen molar-refractivity contribution in [3.05, 3.63) is 0 Å². The lowest BCUT2D eigenvalue weighted by atomic mass is 9.96. The fourth-order valence-corrected chi connectivity index (χ4v) is 3.01. The van der Waals surface area contributed by atoms with Crippen molar-refractivity contribution in [2.24, 2.45) is 0 Å². The average molecular weight is 246 g/mol. The van der Waals surface area contributed by atoms with Crippen molar-refractivity contribution in [1.29, 1.82) is 0 Å². The summed E-state index contributed by atoms with van der Waals surface area (Å²) in [6.45, 7) is 2.57. The highest BCUT2D eigenvalue weighted by Gasteiger charge is 2.43. The minimum absolute atomic E-state index is 0.0209. The molecule has 1 unspecified atom stereocenters. The van der Waals surface area contributed by atoms with Crippen molar-refractivity contribution in [2.75, 3.05) is 12.5 Å². The van der Waals surface area contributed by atoms with E-state index in [-0.39, 0.29) is 11.4 Å². The molecular weight excluding hydrogens is 226 g/mol. The Morgan fingerprint density at radius 3 is 2.50 bits per heavy atom. The highest BCUT2D eigenvalue weighted by atomic mass is 35.5. The molecule has 1 aliphatic carbocycles. The van der Waals surface area contributed by atoms with Gasteiger partial charge in [0.15, 0.2) is 0 Å². The van der Waals surface area contributed by atoms with Crippen LogP contribution in [-0.4, -0.2) is 29.5 Å². The molecule has 2 fully saturated rings. The maximum absolute atomic E-state index is 12.2. The monoisotopic (exact) mass is 245 g/mol. The largest absolute Gasteiger partial charge is 0.365 e. The van der Waals surface area contributed by atoms with Crippen LogP contribution in [-0.2, 0) is 9.53 Å². The van der Waals surface area contributed by atoms with Crippen LogP contribution in [0.2, 0.25) is 0 Å². The van der Waals surface area contributed by atoms with Crippen LogP contribution in [0.15, 0.2) is 0 Å². The smallest absolute Gasteiger partial charge is 0.252 e. The molecule has 1 N–H and O–H groups in total. The summed E-state index contributed by atoms with van der Waals surface area (Å²) < 4.78 is 5.55. The van der Waals surface area contributed by atoms with E-state index in [0.717, 1.165) is 38.5 Å². The lowest BCUT2D eigenvalue weighted by Crippen LogP contribution is -2.55. The molecule has 1 atom stereocenters. The number of halogens is 1. The van der Waals surface area contributed by atoms with Crippen molar-refractivity contribution >= 4 is 17.5 Å².